The Morgan fingerprint density at radius 1 is 1.16 bits per heavy atom. The third kappa shape index (κ3) is 4.53. The second-order valence-corrected chi connectivity index (χ2v) is 7.06. The van der Waals surface area contributed by atoms with E-state index >= 15 is 0 Å². The van der Waals surface area contributed by atoms with E-state index in [1.54, 1.807) is 6.20 Å². The number of fused-ring (bicyclic) bond motifs is 1. The number of benzene rings is 2. The number of carbonyl (C=O) groups is 1. The summed E-state index contributed by atoms with van der Waals surface area (Å²) < 4.78 is 7.19. The number of carbonyl (C=O) groups excluding carboxylic acids is 1. The lowest BCUT2D eigenvalue weighted by molar-refractivity contribution is -0.384. The number of esters is 1. The normalized spacial score (nSPS) is 10.7. The molecular weight excluding hydrogens is 396 g/mol. The van der Waals surface area contributed by atoms with E-state index in [1.807, 2.05) is 60.0 Å². The molecule has 4 rings (SSSR count). The summed E-state index contributed by atoms with van der Waals surface area (Å²) in [4.78, 5) is 27.9. The van der Waals surface area contributed by atoms with Gasteiger partial charge in [-0.1, -0.05) is 36.4 Å². The highest BCUT2D eigenvalue weighted by molar-refractivity contribution is 5.91. The lowest BCUT2D eigenvalue weighted by atomic mass is 10.1. The Morgan fingerprint density at radius 2 is 1.97 bits per heavy atom. The highest BCUT2D eigenvalue weighted by Gasteiger charge is 2.19. The van der Waals surface area contributed by atoms with Gasteiger partial charge in [0.1, 0.15) is 17.9 Å². The SMILES string of the molecule is Cc1cccn2cc(COC(=O)c3ccc(NCc4ccccc4)c([N+](=O)[O-])c3)nc12. The number of ether oxygens (including phenoxy) is 1. The average molecular weight is 416 g/mol. The molecule has 0 saturated carbocycles. The van der Waals surface area contributed by atoms with Crippen LogP contribution in [-0.2, 0) is 17.9 Å². The second kappa shape index (κ2) is 8.66. The Labute approximate surface area is 178 Å². The number of aryl methyl sites for hydroxylation is 1. The Morgan fingerprint density at radius 3 is 2.71 bits per heavy atom. The van der Waals surface area contributed by atoms with Gasteiger partial charge in [0.2, 0.25) is 0 Å². The Bertz CT molecular complexity index is 1250. The fourth-order valence-corrected chi connectivity index (χ4v) is 3.25. The first-order valence-electron chi connectivity index (χ1n) is 9.68. The molecule has 156 valence electrons. The van der Waals surface area contributed by atoms with Crippen molar-refractivity contribution in [2.24, 2.45) is 0 Å². The van der Waals surface area contributed by atoms with Crippen LogP contribution < -0.4 is 5.32 Å². The van der Waals surface area contributed by atoms with Crippen LogP contribution in [0.2, 0.25) is 0 Å². The van der Waals surface area contributed by atoms with Crippen LogP contribution >= 0.6 is 0 Å². The fraction of sp³-hybridized carbons (Fsp3) is 0.130. The topological polar surface area (TPSA) is 98.8 Å². The van der Waals surface area contributed by atoms with Crippen molar-refractivity contribution in [3.63, 3.8) is 0 Å². The van der Waals surface area contributed by atoms with Gasteiger partial charge in [-0.25, -0.2) is 9.78 Å². The van der Waals surface area contributed by atoms with Gasteiger partial charge < -0.3 is 14.5 Å². The van der Waals surface area contributed by atoms with Crippen molar-refractivity contribution in [3.05, 3.63) is 106 Å². The van der Waals surface area contributed by atoms with Gasteiger partial charge in [-0.05, 0) is 36.2 Å². The molecule has 0 aliphatic carbocycles. The first-order valence-corrected chi connectivity index (χ1v) is 9.68. The highest BCUT2D eigenvalue weighted by atomic mass is 16.6. The summed E-state index contributed by atoms with van der Waals surface area (Å²) in [5.74, 6) is -0.647. The molecule has 2 heterocycles. The van der Waals surface area contributed by atoms with Crippen molar-refractivity contribution in [1.82, 2.24) is 9.38 Å². The van der Waals surface area contributed by atoms with E-state index in [-0.39, 0.29) is 17.9 Å². The molecule has 0 aliphatic heterocycles. The van der Waals surface area contributed by atoms with Crippen molar-refractivity contribution in [3.8, 4) is 0 Å². The molecule has 0 amide bonds. The number of nitro groups is 1. The first kappa shape index (κ1) is 20.1. The molecule has 0 aliphatic rings. The number of imidazole rings is 1. The molecule has 2 aromatic heterocycles. The van der Waals surface area contributed by atoms with E-state index in [0.717, 1.165) is 16.8 Å². The molecule has 0 unspecified atom stereocenters. The molecular formula is C23H20N4O4. The van der Waals surface area contributed by atoms with Crippen molar-refractivity contribution < 1.29 is 14.5 Å². The minimum atomic E-state index is -0.647. The molecule has 0 bridgehead atoms. The zero-order chi connectivity index (χ0) is 21.8. The summed E-state index contributed by atoms with van der Waals surface area (Å²) in [6.45, 7) is 2.35. The summed E-state index contributed by atoms with van der Waals surface area (Å²) in [6, 6.07) is 17.7. The summed E-state index contributed by atoms with van der Waals surface area (Å²) in [6.07, 6.45) is 3.65. The van der Waals surface area contributed by atoms with Crippen LogP contribution in [0.3, 0.4) is 0 Å². The van der Waals surface area contributed by atoms with Gasteiger partial charge in [0.25, 0.3) is 5.69 Å². The molecule has 0 fully saturated rings. The molecule has 4 aromatic rings. The van der Waals surface area contributed by atoms with Crippen LogP contribution in [0.25, 0.3) is 5.65 Å². The largest absolute Gasteiger partial charge is 0.456 e. The van der Waals surface area contributed by atoms with E-state index < -0.39 is 10.9 Å². The van der Waals surface area contributed by atoms with Gasteiger partial charge in [-0.2, -0.15) is 0 Å². The molecule has 0 atom stereocenters. The van der Waals surface area contributed by atoms with E-state index in [0.29, 0.717) is 17.9 Å². The Hall–Kier alpha value is -4.20. The highest BCUT2D eigenvalue weighted by Crippen LogP contribution is 2.26. The monoisotopic (exact) mass is 416 g/mol. The maximum atomic E-state index is 12.5. The number of nitrogens with zero attached hydrogens (tertiary/aromatic N) is 3. The fourth-order valence-electron chi connectivity index (χ4n) is 3.25. The van der Waals surface area contributed by atoms with Crippen molar-refractivity contribution in [1.29, 1.82) is 0 Å². The number of aromatic nitrogens is 2. The predicted molar refractivity (Wildman–Crippen MR) is 116 cm³/mol. The van der Waals surface area contributed by atoms with Crippen molar-refractivity contribution in [2.45, 2.75) is 20.1 Å². The number of nitrogens with one attached hydrogen (secondary N) is 1. The smallest absolute Gasteiger partial charge is 0.338 e. The quantitative estimate of drug-likeness (QED) is 0.270. The van der Waals surface area contributed by atoms with E-state index in [9.17, 15) is 14.9 Å². The van der Waals surface area contributed by atoms with Crippen molar-refractivity contribution in [2.75, 3.05) is 5.32 Å². The Kier molecular flexibility index (Phi) is 5.61. The Balaban J connectivity index is 1.46. The number of nitro benzene ring substituents is 1. The van der Waals surface area contributed by atoms with E-state index in [4.69, 9.17) is 4.74 Å². The third-order valence-corrected chi connectivity index (χ3v) is 4.83. The summed E-state index contributed by atoms with van der Waals surface area (Å²) in [5, 5.41) is 14.6. The maximum absolute atomic E-state index is 12.5. The molecule has 8 nitrogen and oxygen atoms in total. The van der Waals surface area contributed by atoms with E-state index in [1.165, 1.54) is 18.2 Å². The van der Waals surface area contributed by atoms with Gasteiger partial charge in [-0.3, -0.25) is 10.1 Å². The molecule has 31 heavy (non-hydrogen) atoms. The third-order valence-electron chi connectivity index (χ3n) is 4.83. The molecule has 1 N–H and O–H groups in total. The van der Waals surface area contributed by atoms with Gasteiger partial charge in [-0.15, -0.1) is 0 Å². The number of hydrogen-bond acceptors (Lipinski definition) is 6. The first-order chi connectivity index (χ1) is 15.0. The van der Waals surface area contributed by atoms with Gasteiger partial charge in [0.05, 0.1) is 16.2 Å². The number of hydrogen-bond donors (Lipinski definition) is 1. The van der Waals surface area contributed by atoms with Gasteiger partial charge in [0.15, 0.2) is 0 Å². The van der Waals surface area contributed by atoms with Crippen LogP contribution in [0.1, 0.15) is 27.2 Å². The average Bonchev–Trinajstić information content (AvgIpc) is 3.21. The predicted octanol–water partition coefficient (Wildman–Crippen LogP) is 4.52. The van der Waals surface area contributed by atoms with Crippen LogP contribution in [0.15, 0.2) is 73.1 Å². The summed E-state index contributed by atoms with van der Waals surface area (Å²) in [5.41, 5.74) is 3.64. The lowest BCUT2D eigenvalue weighted by Gasteiger charge is -2.09. The van der Waals surface area contributed by atoms with Gasteiger partial charge in [0, 0.05) is 25.0 Å². The maximum Gasteiger partial charge on any atom is 0.338 e. The lowest BCUT2D eigenvalue weighted by Crippen LogP contribution is -2.08. The number of rotatable bonds is 7. The molecule has 0 saturated heterocycles. The van der Waals surface area contributed by atoms with Crippen LogP contribution in [0, 0.1) is 17.0 Å². The molecule has 8 heteroatoms. The summed E-state index contributed by atoms with van der Waals surface area (Å²) >= 11 is 0. The number of pyridine rings is 1. The minimum absolute atomic E-state index is 0.0260. The van der Waals surface area contributed by atoms with Crippen LogP contribution in [-0.4, -0.2) is 20.3 Å². The minimum Gasteiger partial charge on any atom is -0.456 e. The molecule has 0 spiro atoms. The zero-order valence-corrected chi connectivity index (χ0v) is 16.8. The molecule has 2 aromatic carbocycles. The molecule has 0 radical (unpaired) electrons. The zero-order valence-electron chi connectivity index (χ0n) is 16.8. The summed E-state index contributed by atoms with van der Waals surface area (Å²) in [7, 11) is 0. The standard InChI is InChI=1S/C23H20N4O4/c1-16-6-5-11-26-14-19(25-22(16)26)15-31-23(28)18-9-10-20(21(12-18)27(29)30)24-13-17-7-3-2-4-8-17/h2-12,14,24H,13,15H2,1H3. The second-order valence-electron chi connectivity index (χ2n) is 7.06. The van der Waals surface area contributed by atoms with Crippen molar-refractivity contribution >= 4 is 23.0 Å². The van der Waals surface area contributed by atoms with Gasteiger partial charge >= 0.3 is 5.97 Å². The van der Waals surface area contributed by atoms with Crippen LogP contribution in [0.4, 0.5) is 11.4 Å². The van der Waals surface area contributed by atoms with Crippen LogP contribution in [0.5, 0.6) is 0 Å². The number of anilines is 1. The van der Waals surface area contributed by atoms with E-state index in [2.05, 4.69) is 10.3 Å².